The Morgan fingerprint density at radius 2 is 1.81 bits per heavy atom. The molecule has 0 saturated heterocycles. The van der Waals surface area contributed by atoms with Gasteiger partial charge in [-0.05, 0) is 48.7 Å². The summed E-state index contributed by atoms with van der Waals surface area (Å²) in [7, 11) is 0. The summed E-state index contributed by atoms with van der Waals surface area (Å²) in [6.45, 7) is 0.659. The summed E-state index contributed by atoms with van der Waals surface area (Å²) in [6, 6.07) is 14.8. The number of hydrogen-bond donors (Lipinski definition) is 1. The SMILES string of the molecule is O=C(c1ccc(Nc2ccc(F)c(F)c2)cn1)N1CCCc2ccccc21. The summed E-state index contributed by atoms with van der Waals surface area (Å²) in [5.41, 5.74) is 3.41. The topological polar surface area (TPSA) is 45.2 Å². The molecule has 0 spiro atoms. The second kappa shape index (κ2) is 7.15. The van der Waals surface area contributed by atoms with Crippen LogP contribution in [0.1, 0.15) is 22.5 Å². The summed E-state index contributed by atoms with van der Waals surface area (Å²) < 4.78 is 26.3. The van der Waals surface area contributed by atoms with Crippen LogP contribution in [-0.2, 0) is 6.42 Å². The molecule has 1 amide bonds. The van der Waals surface area contributed by atoms with Crippen molar-refractivity contribution in [3.63, 3.8) is 0 Å². The van der Waals surface area contributed by atoms with Gasteiger partial charge in [-0.25, -0.2) is 13.8 Å². The van der Waals surface area contributed by atoms with Gasteiger partial charge in [-0.3, -0.25) is 4.79 Å². The van der Waals surface area contributed by atoms with Gasteiger partial charge in [-0.1, -0.05) is 18.2 Å². The molecular weight excluding hydrogens is 348 g/mol. The van der Waals surface area contributed by atoms with Crippen LogP contribution in [0.5, 0.6) is 0 Å². The van der Waals surface area contributed by atoms with E-state index in [0.717, 1.165) is 36.2 Å². The first-order valence-corrected chi connectivity index (χ1v) is 8.70. The monoisotopic (exact) mass is 365 g/mol. The number of halogens is 2. The van der Waals surface area contributed by atoms with Crippen molar-refractivity contribution in [3.05, 3.63) is 83.7 Å². The Labute approximate surface area is 155 Å². The number of carbonyl (C=O) groups excluding carboxylic acids is 1. The summed E-state index contributed by atoms with van der Waals surface area (Å²) in [4.78, 5) is 18.9. The van der Waals surface area contributed by atoms with E-state index in [4.69, 9.17) is 0 Å². The molecule has 0 unspecified atom stereocenters. The molecule has 1 aliphatic rings. The predicted octanol–water partition coefficient (Wildman–Crippen LogP) is 4.70. The summed E-state index contributed by atoms with van der Waals surface area (Å²) >= 11 is 0. The Bertz CT molecular complexity index is 989. The van der Waals surface area contributed by atoms with E-state index in [1.165, 1.54) is 12.3 Å². The van der Waals surface area contributed by atoms with Crippen molar-refractivity contribution in [2.75, 3.05) is 16.8 Å². The van der Waals surface area contributed by atoms with Gasteiger partial charge >= 0.3 is 0 Å². The zero-order valence-electron chi connectivity index (χ0n) is 14.5. The summed E-state index contributed by atoms with van der Waals surface area (Å²) in [5.74, 6) is -1.98. The van der Waals surface area contributed by atoms with Crippen LogP contribution in [0.15, 0.2) is 60.8 Å². The molecule has 0 aliphatic carbocycles. The van der Waals surface area contributed by atoms with Crippen molar-refractivity contribution in [3.8, 4) is 0 Å². The molecule has 1 aliphatic heterocycles. The summed E-state index contributed by atoms with van der Waals surface area (Å²) in [5, 5.41) is 2.94. The second-order valence-corrected chi connectivity index (χ2v) is 6.38. The lowest BCUT2D eigenvalue weighted by molar-refractivity contribution is 0.0980. The van der Waals surface area contributed by atoms with E-state index in [2.05, 4.69) is 10.3 Å². The van der Waals surface area contributed by atoms with Gasteiger partial charge in [-0.2, -0.15) is 0 Å². The smallest absolute Gasteiger partial charge is 0.276 e. The van der Waals surface area contributed by atoms with E-state index in [9.17, 15) is 13.6 Å². The molecule has 1 N–H and O–H groups in total. The van der Waals surface area contributed by atoms with Crippen LogP contribution < -0.4 is 10.2 Å². The molecule has 0 saturated carbocycles. The van der Waals surface area contributed by atoms with E-state index in [1.54, 1.807) is 17.0 Å². The fraction of sp³-hybridized carbons (Fsp3) is 0.143. The van der Waals surface area contributed by atoms with Crippen molar-refractivity contribution in [2.45, 2.75) is 12.8 Å². The molecule has 27 heavy (non-hydrogen) atoms. The van der Waals surface area contributed by atoms with Gasteiger partial charge in [0.05, 0.1) is 11.9 Å². The highest BCUT2D eigenvalue weighted by molar-refractivity contribution is 6.05. The van der Waals surface area contributed by atoms with E-state index in [-0.39, 0.29) is 5.91 Å². The molecular formula is C21H17F2N3O. The Hall–Kier alpha value is -3.28. The van der Waals surface area contributed by atoms with E-state index < -0.39 is 11.6 Å². The van der Waals surface area contributed by atoms with Crippen molar-refractivity contribution < 1.29 is 13.6 Å². The molecule has 0 bridgehead atoms. The van der Waals surface area contributed by atoms with E-state index in [1.807, 2.05) is 24.3 Å². The number of aryl methyl sites for hydroxylation is 1. The minimum atomic E-state index is -0.927. The third kappa shape index (κ3) is 3.51. The van der Waals surface area contributed by atoms with Crippen molar-refractivity contribution in [1.82, 2.24) is 4.98 Å². The lowest BCUT2D eigenvalue weighted by atomic mass is 10.0. The van der Waals surface area contributed by atoms with Gasteiger partial charge in [-0.15, -0.1) is 0 Å². The number of carbonyl (C=O) groups is 1. The van der Waals surface area contributed by atoms with E-state index >= 15 is 0 Å². The highest BCUT2D eigenvalue weighted by atomic mass is 19.2. The molecule has 0 radical (unpaired) electrons. The Morgan fingerprint density at radius 1 is 1.00 bits per heavy atom. The number of nitrogens with zero attached hydrogens (tertiary/aromatic N) is 2. The first-order valence-electron chi connectivity index (χ1n) is 8.70. The van der Waals surface area contributed by atoms with Gasteiger partial charge in [0.1, 0.15) is 5.69 Å². The van der Waals surface area contributed by atoms with Crippen LogP contribution in [-0.4, -0.2) is 17.4 Å². The van der Waals surface area contributed by atoms with Crippen molar-refractivity contribution in [1.29, 1.82) is 0 Å². The maximum absolute atomic E-state index is 13.3. The van der Waals surface area contributed by atoms with Crippen LogP contribution in [0.3, 0.4) is 0 Å². The molecule has 4 rings (SSSR count). The molecule has 3 aromatic rings. The number of rotatable bonds is 3. The average molecular weight is 365 g/mol. The first-order chi connectivity index (χ1) is 13.1. The minimum absolute atomic E-state index is 0.151. The molecule has 2 aromatic carbocycles. The molecule has 0 fully saturated rings. The number of amides is 1. The quantitative estimate of drug-likeness (QED) is 0.732. The highest BCUT2D eigenvalue weighted by Crippen LogP contribution is 2.28. The second-order valence-electron chi connectivity index (χ2n) is 6.38. The van der Waals surface area contributed by atoms with Gasteiger partial charge in [0, 0.05) is 24.0 Å². The molecule has 4 nitrogen and oxygen atoms in total. The van der Waals surface area contributed by atoms with Crippen LogP contribution in [0, 0.1) is 11.6 Å². The molecule has 136 valence electrons. The summed E-state index contributed by atoms with van der Waals surface area (Å²) in [6.07, 6.45) is 3.38. The predicted molar refractivity (Wildman–Crippen MR) is 100 cm³/mol. The Morgan fingerprint density at radius 3 is 2.59 bits per heavy atom. The van der Waals surface area contributed by atoms with Crippen molar-refractivity contribution in [2.24, 2.45) is 0 Å². The zero-order valence-corrected chi connectivity index (χ0v) is 14.5. The number of aromatic nitrogens is 1. The maximum atomic E-state index is 13.3. The van der Waals surface area contributed by atoms with Gasteiger partial charge in [0.2, 0.25) is 0 Å². The fourth-order valence-corrected chi connectivity index (χ4v) is 3.22. The van der Waals surface area contributed by atoms with Crippen molar-refractivity contribution >= 4 is 23.0 Å². The number of pyridine rings is 1. The molecule has 6 heteroatoms. The number of nitrogens with one attached hydrogen (secondary N) is 1. The van der Waals surface area contributed by atoms with Gasteiger partial charge in [0.25, 0.3) is 5.91 Å². The van der Waals surface area contributed by atoms with Crippen LogP contribution >= 0.6 is 0 Å². The van der Waals surface area contributed by atoms with E-state index in [0.29, 0.717) is 23.6 Å². The minimum Gasteiger partial charge on any atom is -0.354 e. The molecule has 0 atom stereocenters. The fourth-order valence-electron chi connectivity index (χ4n) is 3.22. The number of fused-ring (bicyclic) bond motifs is 1. The average Bonchev–Trinajstić information content (AvgIpc) is 2.70. The number of para-hydroxylation sites is 1. The third-order valence-electron chi connectivity index (χ3n) is 4.55. The lowest BCUT2D eigenvalue weighted by Gasteiger charge is -2.29. The lowest BCUT2D eigenvalue weighted by Crippen LogP contribution is -2.35. The third-order valence-corrected chi connectivity index (χ3v) is 4.55. The normalized spacial score (nSPS) is 13.2. The largest absolute Gasteiger partial charge is 0.354 e. The maximum Gasteiger partial charge on any atom is 0.276 e. The standard InChI is InChI=1S/C21H17F2N3O/c22-17-9-7-15(12-18(17)23)25-16-8-10-19(24-13-16)21(27)26-11-3-5-14-4-1-2-6-20(14)26/h1-2,4,6-10,12-13,25H,3,5,11H2. The van der Waals surface area contributed by atoms with Gasteiger partial charge in [0.15, 0.2) is 11.6 Å². The van der Waals surface area contributed by atoms with Gasteiger partial charge < -0.3 is 10.2 Å². The molecule has 1 aromatic heterocycles. The molecule has 2 heterocycles. The number of hydrogen-bond acceptors (Lipinski definition) is 3. The zero-order chi connectivity index (χ0) is 18.8. The number of benzene rings is 2. The highest BCUT2D eigenvalue weighted by Gasteiger charge is 2.23. The Balaban J connectivity index is 1.52. The van der Waals surface area contributed by atoms with Crippen LogP contribution in [0.2, 0.25) is 0 Å². The first kappa shape index (κ1) is 17.1. The van der Waals surface area contributed by atoms with Crippen LogP contribution in [0.25, 0.3) is 0 Å². The number of anilines is 3. The Kier molecular flexibility index (Phi) is 4.54. The van der Waals surface area contributed by atoms with Crippen LogP contribution in [0.4, 0.5) is 25.8 Å².